The van der Waals surface area contributed by atoms with Crippen molar-refractivity contribution < 1.29 is 28.7 Å². The summed E-state index contributed by atoms with van der Waals surface area (Å²) in [7, 11) is 0. The molecule has 0 saturated heterocycles. The van der Waals surface area contributed by atoms with Crippen LogP contribution in [0.5, 0.6) is 0 Å². The zero-order valence-electron chi connectivity index (χ0n) is 22.9. The molecule has 0 atom stereocenters. The number of carbonyl (C=O) groups is 4. The van der Waals surface area contributed by atoms with Gasteiger partial charge in [-0.2, -0.15) is 0 Å². The van der Waals surface area contributed by atoms with E-state index in [1.54, 1.807) is 76.2 Å². The lowest BCUT2D eigenvalue weighted by Gasteiger charge is -2.18. The van der Waals surface area contributed by atoms with Crippen molar-refractivity contribution in [2.75, 3.05) is 22.1 Å². The molecule has 3 aromatic rings. The Labute approximate surface area is 233 Å². The molecular formula is C30H34N4O6. The Morgan fingerprint density at radius 2 is 1.02 bits per heavy atom. The average Bonchev–Trinajstić information content (AvgIpc) is 2.83. The van der Waals surface area contributed by atoms with Crippen LogP contribution in [0.4, 0.5) is 22.7 Å². The number of rotatable bonds is 10. The summed E-state index contributed by atoms with van der Waals surface area (Å²) in [5, 5.41) is 5.47. The Morgan fingerprint density at radius 3 is 1.35 bits per heavy atom. The van der Waals surface area contributed by atoms with E-state index < -0.39 is 36.0 Å². The van der Waals surface area contributed by atoms with Crippen molar-refractivity contribution in [2.45, 2.75) is 52.7 Å². The number of hydrogen-bond acceptors (Lipinski definition) is 8. The van der Waals surface area contributed by atoms with Gasteiger partial charge >= 0.3 is 11.9 Å². The number of esters is 2. The predicted octanol–water partition coefficient (Wildman–Crippen LogP) is 4.34. The maximum Gasteiger partial charge on any atom is 0.338 e. The molecule has 0 fully saturated rings. The minimum Gasteiger partial charge on any atom is -0.459 e. The molecule has 6 N–H and O–H groups in total. The lowest BCUT2D eigenvalue weighted by atomic mass is 9.94. The highest BCUT2D eigenvalue weighted by molar-refractivity contribution is 6.01. The first-order chi connectivity index (χ1) is 18.9. The summed E-state index contributed by atoms with van der Waals surface area (Å²) in [5.41, 5.74) is 14.1. The van der Waals surface area contributed by atoms with E-state index in [1.165, 1.54) is 12.1 Å². The van der Waals surface area contributed by atoms with Crippen molar-refractivity contribution in [1.29, 1.82) is 0 Å². The number of nitrogens with one attached hydrogen (secondary N) is 2. The van der Waals surface area contributed by atoms with Crippen LogP contribution in [0, 0.1) is 0 Å². The SMILES string of the molecule is CC(C)OC(=O)c1cc(CC(=O)Nc2cccc(N)c2)c(C(=O)OC(C)C)cc1CC(=O)Nc1cccc(N)c1. The van der Waals surface area contributed by atoms with E-state index in [2.05, 4.69) is 10.6 Å². The average molecular weight is 547 g/mol. The van der Waals surface area contributed by atoms with Gasteiger partial charge in [0.25, 0.3) is 0 Å². The highest BCUT2D eigenvalue weighted by Gasteiger charge is 2.25. The summed E-state index contributed by atoms with van der Waals surface area (Å²) in [6.45, 7) is 6.77. The Morgan fingerprint density at radius 1 is 0.650 bits per heavy atom. The van der Waals surface area contributed by atoms with E-state index in [9.17, 15) is 19.2 Å². The number of anilines is 4. The molecule has 10 heteroatoms. The van der Waals surface area contributed by atoms with Gasteiger partial charge in [0.2, 0.25) is 11.8 Å². The van der Waals surface area contributed by atoms with Crippen LogP contribution in [0.2, 0.25) is 0 Å². The van der Waals surface area contributed by atoms with Gasteiger partial charge in [0.05, 0.1) is 36.2 Å². The highest BCUT2D eigenvalue weighted by Crippen LogP contribution is 2.24. The molecule has 40 heavy (non-hydrogen) atoms. The van der Waals surface area contributed by atoms with Crippen molar-refractivity contribution in [3.8, 4) is 0 Å². The molecule has 10 nitrogen and oxygen atoms in total. The molecule has 0 bridgehead atoms. The van der Waals surface area contributed by atoms with Crippen LogP contribution in [0.25, 0.3) is 0 Å². The molecule has 3 aromatic carbocycles. The van der Waals surface area contributed by atoms with E-state index in [0.29, 0.717) is 22.7 Å². The molecule has 0 spiro atoms. The molecule has 0 saturated carbocycles. The van der Waals surface area contributed by atoms with E-state index in [0.717, 1.165) is 0 Å². The molecular weight excluding hydrogens is 512 g/mol. The van der Waals surface area contributed by atoms with Crippen LogP contribution in [0.3, 0.4) is 0 Å². The Balaban J connectivity index is 2.01. The van der Waals surface area contributed by atoms with Gasteiger partial charge < -0.3 is 31.6 Å². The lowest BCUT2D eigenvalue weighted by Crippen LogP contribution is -2.23. The summed E-state index contributed by atoms with van der Waals surface area (Å²) in [4.78, 5) is 52.1. The van der Waals surface area contributed by atoms with E-state index in [-0.39, 0.29) is 35.1 Å². The number of carbonyl (C=O) groups excluding carboxylic acids is 4. The highest BCUT2D eigenvalue weighted by atomic mass is 16.5. The third-order valence-electron chi connectivity index (χ3n) is 5.50. The summed E-state index contributed by atoms with van der Waals surface area (Å²) in [5.74, 6) is -2.27. The summed E-state index contributed by atoms with van der Waals surface area (Å²) < 4.78 is 10.8. The zero-order chi connectivity index (χ0) is 29.4. The summed E-state index contributed by atoms with van der Waals surface area (Å²) in [6, 6.07) is 16.1. The molecule has 3 rings (SSSR count). The smallest absolute Gasteiger partial charge is 0.338 e. The minimum absolute atomic E-state index is 0.0595. The second-order valence-corrected chi connectivity index (χ2v) is 9.78. The maximum atomic E-state index is 13.1. The molecule has 0 radical (unpaired) electrons. The van der Waals surface area contributed by atoms with Gasteiger partial charge in [0.1, 0.15) is 0 Å². The van der Waals surface area contributed by atoms with Crippen molar-refractivity contribution in [3.63, 3.8) is 0 Å². The fourth-order valence-corrected chi connectivity index (χ4v) is 3.91. The standard InChI is InChI=1S/C30H34N4O6/c1-17(2)39-29(37)25-11-20(14-28(36)34-24-10-6-8-22(32)16-24)26(30(38)40-18(3)4)12-19(25)13-27(35)33-23-9-5-7-21(31)15-23/h5-12,15-18H,13-14,31-32H2,1-4H3,(H,33,35)(H,34,36). The molecule has 0 aliphatic heterocycles. The van der Waals surface area contributed by atoms with Gasteiger partial charge in [-0.3, -0.25) is 9.59 Å². The van der Waals surface area contributed by atoms with Crippen LogP contribution in [0.15, 0.2) is 60.7 Å². The number of nitrogen functional groups attached to an aromatic ring is 2. The predicted molar refractivity (Wildman–Crippen MR) is 154 cm³/mol. The zero-order valence-corrected chi connectivity index (χ0v) is 22.9. The third kappa shape index (κ3) is 8.59. The van der Waals surface area contributed by atoms with Crippen LogP contribution < -0.4 is 22.1 Å². The third-order valence-corrected chi connectivity index (χ3v) is 5.50. The molecule has 0 aromatic heterocycles. The number of amides is 2. The van der Waals surface area contributed by atoms with Crippen LogP contribution >= 0.6 is 0 Å². The van der Waals surface area contributed by atoms with E-state index in [4.69, 9.17) is 20.9 Å². The first-order valence-electron chi connectivity index (χ1n) is 12.8. The number of benzene rings is 3. The molecule has 0 aliphatic carbocycles. The van der Waals surface area contributed by atoms with Gasteiger partial charge in [-0.15, -0.1) is 0 Å². The van der Waals surface area contributed by atoms with Crippen LogP contribution in [-0.4, -0.2) is 36.0 Å². The molecule has 0 heterocycles. The normalized spacial score (nSPS) is 10.8. The van der Waals surface area contributed by atoms with Crippen LogP contribution in [-0.2, 0) is 31.9 Å². The van der Waals surface area contributed by atoms with Crippen molar-refractivity contribution in [3.05, 3.63) is 82.9 Å². The van der Waals surface area contributed by atoms with Crippen molar-refractivity contribution >= 4 is 46.5 Å². The lowest BCUT2D eigenvalue weighted by molar-refractivity contribution is -0.116. The fraction of sp³-hybridized carbons (Fsp3) is 0.267. The molecule has 0 aliphatic rings. The quantitative estimate of drug-likeness (QED) is 0.215. The van der Waals surface area contributed by atoms with Gasteiger partial charge in [-0.05, 0) is 87.4 Å². The largest absolute Gasteiger partial charge is 0.459 e. The van der Waals surface area contributed by atoms with Gasteiger partial charge in [0.15, 0.2) is 0 Å². The second-order valence-electron chi connectivity index (χ2n) is 9.78. The summed E-state index contributed by atoms with van der Waals surface area (Å²) >= 11 is 0. The minimum atomic E-state index is -0.692. The second kappa shape index (κ2) is 13.3. The van der Waals surface area contributed by atoms with Crippen molar-refractivity contribution in [1.82, 2.24) is 0 Å². The summed E-state index contributed by atoms with van der Waals surface area (Å²) in [6.07, 6.45) is -1.39. The molecule has 0 unspecified atom stereocenters. The fourth-order valence-electron chi connectivity index (χ4n) is 3.91. The van der Waals surface area contributed by atoms with Gasteiger partial charge in [0, 0.05) is 22.7 Å². The first-order valence-corrected chi connectivity index (χ1v) is 12.8. The van der Waals surface area contributed by atoms with Crippen molar-refractivity contribution in [2.24, 2.45) is 0 Å². The van der Waals surface area contributed by atoms with E-state index in [1.807, 2.05) is 0 Å². The Hall–Kier alpha value is -4.86. The van der Waals surface area contributed by atoms with Gasteiger partial charge in [-0.25, -0.2) is 9.59 Å². The number of ether oxygens (including phenoxy) is 2. The topological polar surface area (TPSA) is 163 Å². The van der Waals surface area contributed by atoms with E-state index >= 15 is 0 Å². The Kier molecular flexibility index (Phi) is 9.86. The maximum absolute atomic E-state index is 13.1. The van der Waals surface area contributed by atoms with Crippen LogP contribution in [0.1, 0.15) is 59.5 Å². The number of nitrogens with two attached hydrogens (primary N) is 2. The van der Waals surface area contributed by atoms with Gasteiger partial charge in [-0.1, -0.05) is 12.1 Å². The monoisotopic (exact) mass is 546 g/mol. The first kappa shape index (κ1) is 29.7. The number of hydrogen-bond donors (Lipinski definition) is 4. The molecule has 210 valence electrons. The molecule has 2 amide bonds. The Bertz CT molecular complexity index is 1310.